The number of benzene rings is 2. The summed E-state index contributed by atoms with van der Waals surface area (Å²) in [7, 11) is 0. The van der Waals surface area contributed by atoms with Crippen molar-refractivity contribution in [1.29, 1.82) is 0 Å². The number of fused-ring (bicyclic) bond motifs is 3. The molecule has 4 aromatic rings. The summed E-state index contributed by atoms with van der Waals surface area (Å²) in [5, 5.41) is 21.0. The maximum absolute atomic E-state index is 4.24. The number of aromatic nitrogens is 5. The second-order valence-electron chi connectivity index (χ2n) is 4.43. The van der Waals surface area contributed by atoms with Crippen LogP contribution in [-0.4, -0.2) is 25.6 Å². The minimum absolute atomic E-state index is 0.684. The van der Waals surface area contributed by atoms with Crippen LogP contribution in [0.15, 0.2) is 54.7 Å². The third-order valence-electron chi connectivity index (χ3n) is 3.27. The molecule has 20 heavy (non-hydrogen) atoms. The van der Waals surface area contributed by atoms with Gasteiger partial charge in [0, 0.05) is 5.39 Å². The summed E-state index contributed by atoms with van der Waals surface area (Å²) < 4.78 is 0. The van der Waals surface area contributed by atoms with Crippen LogP contribution in [0.3, 0.4) is 0 Å². The van der Waals surface area contributed by atoms with E-state index in [0.717, 1.165) is 27.5 Å². The van der Waals surface area contributed by atoms with E-state index in [1.807, 2.05) is 36.4 Å². The van der Waals surface area contributed by atoms with Gasteiger partial charge in [-0.2, -0.15) is 5.10 Å². The molecule has 2 aromatic carbocycles. The summed E-state index contributed by atoms with van der Waals surface area (Å²) in [6, 6.07) is 16.0. The van der Waals surface area contributed by atoms with Gasteiger partial charge in [-0.25, -0.2) is 0 Å². The maximum Gasteiger partial charge on any atom is 0.143 e. The van der Waals surface area contributed by atoms with Crippen molar-refractivity contribution in [3.05, 3.63) is 54.7 Å². The molecule has 0 aliphatic carbocycles. The molecule has 0 aliphatic heterocycles. The quantitative estimate of drug-likeness (QED) is 0.525. The molecule has 0 amide bonds. The van der Waals surface area contributed by atoms with E-state index in [9.17, 15) is 0 Å². The van der Waals surface area contributed by atoms with Crippen molar-refractivity contribution < 1.29 is 0 Å². The van der Waals surface area contributed by atoms with Crippen molar-refractivity contribution in [1.82, 2.24) is 25.6 Å². The highest BCUT2D eigenvalue weighted by Crippen LogP contribution is 2.28. The third kappa shape index (κ3) is 1.60. The van der Waals surface area contributed by atoms with Crippen LogP contribution in [-0.2, 0) is 0 Å². The number of hydrogen-bond acceptors (Lipinski definition) is 5. The van der Waals surface area contributed by atoms with Crippen LogP contribution in [0.1, 0.15) is 0 Å². The molecule has 0 N–H and O–H groups in total. The Kier molecular flexibility index (Phi) is 2.35. The highest BCUT2D eigenvalue weighted by molar-refractivity contribution is 6.06. The van der Waals surface area contributed by atoms with E-state index in [2.05, 4.69) is 37.7 Å². The van der Waals surface area contributed by atoms with Crippen LogP contribution in [0.25, 0.3) is 33.1 Å². The molecule has 0 unspecified atom stereocenters. The van der Waals surface area contributed by atoms with E-state index in [-0.39, 0.29) is 0 Å². The number of rotatable bonds is 1. The van der Waals surface area contributed by atoms with Gasteiger partial charge in [0.25, 0.3) is 0 Å². The predicted octanol–water partition coefficient (Wildman–Crippen LogP) is 2.63. The average molecular weight is 259 g/mol. The lowest BCUT2D eigenvalue weighted by Crippen LogP contribution is -1.81. The summed E-state index contributed by atoms with van der Waals surface area (Å²) in [5.74, 6) is 0. The summed E-state index contributed by atoms with van der Waals surface area (Å²) in [4.78, 5) is 0. The smallest absolute Gasteiger partial charge is 0.143 e. The van der Waals surface area contributed by atoms with Crippen molar-refractivity contribution in [2.24, 2.45) is 0 Å². The second-order valence-corrected chi connectivity index (χ2v) is 4.43. The zero-order valence-electron chi connectivity index (χ0n) is 10.4. The Balaban J connectivity index is 2.17. The van der Waals surface area contributed by atoms with Gasteiger partial charge in [0.15, 0.2) is 0 Å². The fourth-order valence-corrected chi connectivity index (χ4v) is 2.34. The third-order valence-corrected chi connectivity index (χ3v) is 3.27. The lowest BCUT2D eigenvalue weighted by atomic mass is 10.0. The van der Waals surface area contributed by atoms with E-state index in [0.29, 0.717) is 5.52 Å². The van der Waals surface area contributed by atoms with Crippen molar-refractivity contribution in [3.8, 4) is 11.1 Å². The van der Waals surface area contributed by atoms with Crippen molar-refractivity contribution in [2.45, 2.75) is 0 Å². The number of hydrogen-bond donors (Lipinski definition) is 0. The first-order chi connectivity index (χ1) is 9.93. The highest BCUT2D eigenvalue weighted by Gasteiger charge is 2.09. The van der Waals surface area contributed by atoms with Crippen LogP contribution >= 0.6 is 0 Å². The first-order valence-corrected chi connectivity index (χ1v) is 6.22. The van der Waals surface area contributed by atoms with E-state index >= 15 is 0 Å². The lowest BCUT2D eigenvalue weighted by molar-refractivity contribution is 0.959. The molecule has 2 aromatic heterocycles. The Morgan fingerprint density at radius 3 is 2.50 bits per heavy atom. The Morgan fingerprint density at radius 2 is 1.60 bits per heavy atom. The normalized spacial score (nSPS) is 11.0. The van der Waals surface area contributed by atoms with E-state index in [1.165, 1.54) is 0 Å². The Hall–Kier alpha value is -2.95. The van der Waals surface area contributed by atoms with E-state index < -0.39 is 0 Å². The monoisotopic (exact) mass is 259 g/mol. The summed E-state index contributed by atoms with van der Waals surface area (Å²) in [6.07, 6.45) is 1.69. The van der Waals surface area contributed by atoms with Crippen molar-refractivity contribution in [2.75, 3.05) is 0 Å². The molecule has 0 saturated heterocycles. The van der Waals surface area contributed by atoms with Gasteiger partial charge in [-0.05, 0) is 34.5 Å². The van der Waals surface area contributed by atoms with E-state index in [4.69, 9.17) is 0 Å². The average Bonchev–Trinajstić information content (AvgIpc) is 2.87. The fourth-order valence-electron chi connectivity index (χ4n) is 2.34. The predicted molar refractivity (Wildman–Crippen MR) is 75.9 cm³/mol. The zero-order chi connectivity index (χ0) is 13.4. The molecular weight excluding hydrogens is 250 g/mol. The molecule has 0 fully saturated rings. The molecule has 5 heteroatoms. The Bertz CT molecular complexity index is 905. The first-order valence-electron chi connectivity index (χ1n) is 6.22. The van der Waals surface area contributed by atoms with Gasteiger partial charge in [-0.15, -0.1) is 15.3 Å². The molecule has 94 valence electrons. The van der Waals surface area contributed by atoms with Gasteiger partial charge in [-0.3, -0.25) is 0 Å². The van der Waals surface area contributed by atoms with Crippen LogP contribution in [0.2, 0.25) is 0 Å². The molecule has 2 heterocycles. The maximum atomic E-state index is 4.24. The van der Waals surface area contributed by atoms with Crippen LogP contribution in [0.5, 0.6) is 0 Å². The zero-order valence-corrected chi connectivity index (χ0v) is 10.4. The molecule has 0 aliphatic rings. The van der Waals surface area contributed by atoms with E-state index in [1.54, 1.807) is 6.20 Å². The topological polar surface area (TPSA) is 64.5 Å². The summed E-state index contributed by atoms with van der Waals surface area (Å²) in [5.41, 5.74) is 4.32. The highest BCUT2D eigenvalue weighted by atomic mass is 15.3. The van der Waals surface area contributed by atoms with Crippen molar-refractivity contribution >= 4 is 21.9 Å². The van der Waals surface area contributed by atoms with Gasteiger partial charge in [0.05, 0.1) is 6.20 Å². The van der Waals surface area contributed by atoms with Crippen LogP contribution in [0.4, 0.5) is 0 Å². The van der Waals surface area contributed by atoms with Crippen LogP contribution < -0.4 is 0 Å². The fraction of sp³-hybridized carbons (Fsp3) is 0. The molecule has 4 rings (SSSR count). The van der Waals surface area contributed by atoms with Gasteiger partial charge in [0.2, 0.25) is 0 Å². The Labute approximate surface area is 114 Å². The summed E-state index contributed by atoms with van der Waals surface area (Å²) in [6.45, 7) is 0. The Morgan fingerprint density at radius 1 is 0.700 bits per heavy atom. The lowest BCUT2D eigenvalue weighted by Gasteiger charge is -2.02. The molecule has 0 spiro atoms. The van der Waals surface area contributed by atoms with Gasteiger partial charge in [-0.1, -0.05) is 30.3 Å². The summed E-state index contributed by atoms with van der Waals surface area (Å²) >= 11 is 0. The first kappa shape index (κ1) is 10.9. The number of nitrogens with zero attached hydrogens (tertiary/aromatic N) is 5. The minimum atomic E-state index is 0.684. The molecule has 5 nitrogen and oxygen atoms in total. The minimum Gasteiger partial charge on any atom is -0.158 e. The van der Waals surface area contributed by atoms with Gasteiger partial charge in [0.1, 0.15) is 16.6 Å². The largest absolute Gasteiger partial charge is 0.158 e. The molecular formula is C15H9N5. The second kappa shape index (κ2) is 4.31. The van der Waals surface area contributed by atoms with Crippen LogP contribution in [0, 0.1) is 0 Å². The molecule has 0 bridgehead atoms. The SMILES string of the molecule is c1ccc(-c2ccnnc3c2ccc2nnnc23)cc1. The molecule has 0 radical (unpaired) electrons. The molecule has 0 saturated carbocycles. The standard InChI is InChI=1S/C15H9N5/c1-2-4-10(5-3-1)11-8-9-16-18-14-12(11)6-7-13-15(14)19-20-17-13/h1-9H. The van der Waals surface area contributed by atoms with Gasteiger partial charge >= 0.3 is 0 Å². The molecule has 0 atom stereocenters. The van der Waals surface area contributed by atoms with Crippen molar-refractivity contribution in [3.63, 3.8) is 0 Å². The van der Waals surface area contributed by atoms with Gasteiger partial charge < -0.3 is 0 Å².